The second kappa shape index (κ2) is 10.4. The Bertz CT molecular complexity index is 621. The van der Waals surface area contributed by atoms with Crippen LogP contribution in [0.25, 0.3) is 0 Å². The first-order valence-corrected chi connectivity index (χ1v) is 11.1. The van der Waals surface area contributed by atoms with Gasteiger partial charge in [-0.25, -0.2) is 0 Å². The fourth-order valence-corrected chi connectivity index (χ4v) is 4.61. The Kier molecular flexibility index (Phi) is 8.44. The van der Waals surface area contributed by atoms with Crippen molar-refractivity contribution in [1.82, 2.24) is 0 Å². The number of aliphatic hydroxyl groups excluding tert-OH is 5. The third-order valence-corrected chi connectivity index (χ3v) is 6.93. The standard InChI is InChI=1S/C18H37N5O9/c1-4-8(22)12(26)14(28)18(29-4)32-16-10(24)5(20)2-6(21)15(16)31-17-9(23)13(27)11(25)7(3-19)30-17/h4-18,24-28H,2-3,19-23H2,1H3/p+5/t4-,5-,6+,7-,8-,9-,10+,11-,12-,13-,14-,15-,16-,17-,18+/m1/s1. The van der Waals surface area contributed by atoms with Gasteiger partial charge >= 0.3 is 0 Å². The molecule has 3 rings (SSSR count). The van der Waals surface area contributed by atoms with E-state index in [9.17, 15) is 25.5 Å². The van der Waals surface area contributed by atoms with E-state index in [4.69, 9.17) is 18.9 Å². The van der Waals surface area contributed by atoms with Crippen LogP contribution in [0.15, 0.2) is 0 Å². The monoisotopic (exact) mass is 472 g/mol. The molecule has 2 aliphatic heterocycles. The molecule has 3 fully saturated rings. The van der Waals surface area contributed by atoms with Crippen LogP contribution in [0, 0.1) is 0 Å². The highest BCUT2D eigenvalue weighted by Crippen LogP contribution is 2.30. The van der Waals surface area contributed by atoms with E-state index in [2.05, 4.69) is 28.7 Å². The van der Waals surface area contributed by atoms with Crippen LogP contribution in [-0.4, -0.2) is 124 Å². The lowest BCUT2D eigenvalue weighted by Gasteiger charge is -2.45. The van der Waals surface area contributed by atoms with Crippen molar-refractivity contribution in [1.29, 1.82) is 0 Å². The molecule has 0 aromatic heterocycles. The van der Waals surface area contributed by atoms with Gasteiger partial charge in [0.25, 0.3) is 0 Å². The van der Waals surface area contributed by atoms with Crippen LogP contribution < -0.4 is 28.7 Å². The van der Waals surface area contributed by atoms with Crippen molar-refractivity contribution < 1.29 is 73.1 Å². The predicted octanol–water partition coefficient (Wildman–Crippen LogP) is -9.88. The summed E-state index contributed by atoms with van der Waals surface area (Å²) in [7, 11) is 0. The second-order valence-corrected chi connectivity index (χ2v) is 9.28. The number of hydrogen-bond acceptors (Lipinski definition) is 9. The Morgan fingerprint density at radius 3 is 1.94 bits per heavy atom. The van der Waals surface area contributed by atoms with Gasteiger partial charge in [-0.05, 0) is 6.92 Å². The molecule has 15 atom stereocenters. The van der Waals surface area contributed by atoms with E-state index in [1.54, 1.807) is 6.92 Å². The van der Waals surface area contributed by atoms with Gasteiger partial charge in [0.1, 0.15) is 79.6 Å². The Morgan fingerprint density at radius 2 is 1.31 bits per heavy atom. The van der Waals surface area contributed by atoms with E-state index in [-0.39, 0.29) is 12.6 Å². The molecule has 14 nitrogen and oxygen atoms in total. The maximum absolute atomic E-state index is 10.9. The largest absolute Gasteiger partial charge is 0.387 e. The van der Waals surface area contributed by atoms with E-state index in [0.717, 1.165) is 0 Å². The maximum atomic E-state index is 10.9. The molecule has 14 heteroatoms. The van der Waals surface area contributed by atoms with Crippen LogP contribution >= 0.6 is 0 Å². The van der Waals surface area contributed by atoms with Crippen LogP contribution in [0.5, 0.6) is 0 Å². The fraction of sp³-hybridized carbons (Fsp3) is 1.00. The number of rotatable bonds is 5. The molecule has 0 spiro atoms. The minimum atomic E-state index is -1.38. The SMILES string of the molecule is C[C@H]1O[C@@H](O[C@@H]2[C@@H](O)[C@H]([NH3+])C[C@H]([NH3+])[C@H]2O[C@H]2O[C@H](C[NH3+])[C@@H](O)[C@H](O)[C@H]2[NH3+])[C@H](O)[C@H](O)[C@@H]1[NH3+]. The first kappa shape index (κ1) is 26.1. The average Bonchev–Trinajstić information content (AvgIpc) is 2.76. The summed E-state index contributed by atoms with van der Waals surface area (Å²) < 4.78 is 23.6. The summed E-state index contributed by atoms with van der Waals surface area (Å²) in [6, 6.07) is -2.17. The predicted molar refractivity (Wildman–Crippen MR) is 102 cm³/mol. The third-order valence-electron chi connectivity index (χ3n) is 6.93. The van der Waals surface area contributed by atoms with Crippen LogP contribution in [0.4, 0.5) is 0 Å². The van der Waals surface area contributed by atoms with Crippen molar-refractivity contribution >= 4 is 0 Å². The second-order valence-electron chi connectivity index (χ2n) is 9.28. The fourth-order valence-electron chi connectivity index (χ4n) is 4.61. The molecule has 0 unspecified atom stereocenters. The lowest BCUT2D eigenvalue weighted by molar-refractivity contribution is -0.539. The summed E-state index contributed by atoms with van der Waals surface area (Å²) in [6.45, 7) is 1.91. The van der Waals surface area contributed by atoms with Gasteiger partial charge in [-0.2, -0.15) is 0 Å². The van der Waals surface area contributed by atoms with Crippen molar-refractivity contribution in [2.24, 2.45) is 0 Å². The number of quaternary nitrogens is 5. The van der Waals surface area contributed by atoms with Crippen LogP contribution in [0.1, 0.15) is 13.3 Å². The Balaban J connectivity index is 1.79. The molecule has 2 saturated heterocycles. The van der Waals surface area contributed by atoms with Gasteiger partial charge in [0.05, 0.1) is 6.42 Å². The lowest BCUT2D eigenvalue weighted by Crippen LogP contribution is -2.84. The van der Waals surface area contributed by atoms with Crippen molar-refractivity contribution in [3.63, 3.8) is 0 Å². The molecular weight excluding hydrogens is 430 g/mol. The molecule has 0 aromatic rings. The summed E-state index contributed by atoms with van der Waals surface area (Å²) >= 11 is 0. The summed E-state index contributed by atoms with van der Waals surface area (Å²) in [4.78, 5) is 0. The van der Waals surface area contributed by atoms with Crippen LogP contribution in [0.3, 0.4) is 0 Å². The van der Waals surface area contributed by atoms with E-state index in [1.807, 2.05) is 0 Å². The van der Waals surface area contributed by atoms with E-state index in [1.165, 1.54) is 0 Å². The zero-order chi connectivity index (χ0) is 23.9. The molecular formula is C18H42N5O9+5. The molecule has 1 aliphatic carbocycles. The first-order chi connectivity index (χ1) is 15.0. The summed E-state index contributed by atoms with van der Waals surface area (Å²) in [6.07, 6.45) is -10.9. The average molecular weight is 473 g/mol. The Hall–Kier alpha value is -0.560. The van der Waals surface area contributed by atoms with Gasteiger partial charge < -0.3 is 73.1 Å². The highest BCUT2D eigenvalue weighted by Gasteiger charge is 2.54. The molecule has 3 aliphatic rings. The quantitative estimate of drug-likeness (QED) is 0.181. The molecule has 0 aromatic carbocycles. The maximum Gasteiger partial charge on any atom is 0.214 e. The minimum absolute atomic E-state index is 0.205. The van der Waals surface area contributed by atoms with Crippen molar-refractivity contribution in [2.75, 3.05) is 6.54 Å². The normalized spacial score (nSPS) is 55.0. The summed E-state index contributed by atoms with van der Waals surface area (Å²) in [5.41, 5.74) is 19.5. The van der Waals surface area contributed by atoms with Gasteiger partial charge in [-0.3, -0.25) is 0 Å². The first-order valence-electron chi connectivity index (χ1n) is 11.1. The number of hydrogen-bond donors (Lipinski definition) is 10. The molecule has 2 heterocycles. The summed E-state index contributed by atoms with van der Waals surface area (Å²) in [5.74, 6) is 0. The van der Waals surface area contributed by atoms with Gasteiger partial charge in [-0.1, -0.05) is 0 Å². The molecule has 188 valence electrons. The smallest absolute Gasteiger partial charge is 0.214 e. The highest BCUT2D eigenvalue weighted by atomic mass is 16.7. The minimum Gasteiger partial charge on any atom is -0.387 e. The van der Waals surface area contributed by atoms with Crippen LogP contribution in [0.2, 0.25) is 0 Å². The van der Waals surface area contributed by atoms with Crippen molar-refractivity contribution in [3.05, 3.63) is 0 Å². The van der Waals surface area contributed by atoms with Crippen LogP contribution in [-0.2, 0) is 18.9 Å². The number of aliphatic hydroxyl groups is 5. The third kappa shape index (κ3) is 4.94. The van der Waals surface area contributed by atoms with Gasteiger partial charge in [0, 0.05) is 0 Å². The molecule has 0 radical (unpaired) electrons. The van der Waals surface area contributed by atoms with E-state index >= 15 is 0 Å². The van der Waals surface area contributed by atoms with Crippen molar-refractivity contribution in [2.45, 2.75) is 105 Å². The van der Waals surface area contributed by atoms with Gasteiger partial charge in [0.2, 0.25) is 6.29 Å². The molecule has 1 saturated carbocycles. The topological polar surface area (TPSA) is 276 Å². The summed E-state index contributed by atoms with van der Waals surface area (Å²) in [5, 5.41) is 52.1. The molecule has 0 amide bonds. The number of ether oxygens (including phenoxy) is 4. The van der Waals surface area contributed by atoms with Crippen molar-refractivity contribution in [3.8, 4) is 0 Å². The zero-order valence-corrected chi connectivity index (χ0v) is 18.5. The van der Waals surface area contributed by atoms with Gasteiger partial charge in [-0.15, -0.1) is 0 Å². The lowest BCUT2D eigenvalue weighted by atomic mass is 9.84. The molecule has 0 bridgehead atoms. The van der Waals surface area contributed by atoms with E-state index < -0.39 is 85.6 Å². The van der Waals surface area contributed by atoms with Gasteiger partial charge in [0.15, 0.2) is 12.3 Å². The highest BCUT2D eigenvalue weighted by molar-refractivity contribution is 4.97. The van der Waals surface area contributed by atoms with E-state index in [0.29, 0.717) is 6.42 Å². The zero-order valence-electron chi connectivity index (χ0n) is 18.5. The Morgan fingerprint density at radius 1 is 0.719 bits per heavy atom. The Labute approximate surface area is 185 Å². The molecule has 20 N–H and O–H groups in total. The molecule has 32 heavy (non-hydrogen) atoms.